The fraction of sp³-hybridized carbons (Fsp3) is 0.500. The van der Waals surface area contributed by atoms with E-state index in [0.717, 1.165) is 40.4 Å². The summed E-state index contributed by atoms with van der Waals surface area (Å²) in [6, 6.07) is 8.58. The maximum atomic E-state index is 13.9. The predicted octanol–water partition coefficient (Wildman–Crippen LogP) is 4.52. The molecule has 8 heteroatoms. The largest absolute Gasteiger partial charge is 0.496 e. The van der Waals surface area contributed by atoms with E-state index < -0.39 is 29.2 Å². The van der Waals surface area contributed by atoms with Crippen LogP contribution in [0.3, 0.4) is 0 Å². The summed E-state index contributed by atoms with van der Waals surface area (Å²) >= 11 is 0. The highest BCUT2D eigenvalue weighted by molar-refractivity contribution is 5.90. The number of ether oxygens (including phenoxy) is 3. The van der Waals surface area contributed by atoms with Crippen molar-refractivity contribution in [1.29, 1.82) is 0 Å². The molecule has 0 aliphatic carbocycles. The maximum Gasteiger partial charge on any atom is 0.407 e. The molecule has 8 nitrogen and oxygen atoms in total. The quantitative estimate of drug-likeness (QED) is 0.471. The highest BCUT2D eigenvalue weighted by atomic mass is 16.5. The number of methoxy groups -OCH3 is 2. The summed E-state index contributed by atoms with van der Waals surface area (Å²) in [5, 5.41) is 4.87. The molecule has 0 spiro atoms. The molecule has 3 atom stereocenters. The Labute approximate surface area is 224 Å². The van der Waals surface area contributed by atoms with Gasteiger partial charge >= 0.3 is 6.09 Å². The van der Waals surface area contributed by atoms with Crippen molar-refractivity contribution in [1.82, 2.24) is 10.2 Å². The number of carbonyl (C=O) groups is 3. The third kappa shape index (κ3) is 5.41. The number of nitrogens with zero attached hydrogens (tertiary/aromatic N) is 1. The number of cyclic esters (lactones) is 1. The van der Waals surface area contributed by atoms with Gasteiger partial charge in [0.15, 0.2) is 0 Å². The molecule has 2 aromatic rings. The number of nitrogens with one attached hydrogen (secondary N) is 1. The SMILES string of the molecule is COc1ccc2ccc3cc2c1CC=CCCCOC(=O)N[C@@H](C(C)(C)C)C(=O)N1C[C@@]3(OC)C[C@H]1C=O. The van der Waals surface area contributed by atoms with Crippen LogP contribution in [0, 0.1) is 5.41 Å². The predicted molar refractivity (Wildman–Crippen MR) is 145 cm³/mol. The number of carbonyl (C=O) groups excluding carboxylic acids is 3. The lowest BCUT2D eigenvalue weighted by Crippen LogP contribution is -2.56. The number of rotatable bonds is 3. The van der Waals surface area contributed by atoms with Gasteiger partial charge in [-0.05, 0) is 53.1 Å². The summed E-state index contributed by atoms with van der Waals surface area (Å²) in [6.07, 6.45) is 6.71. The van der Waals surface area contributed by atoms with Crippen molar-refractivity contribution >= 4 is 29.1 Å². The molecule has 1 saturated heterocycles. The lowest BCUT2D eigenvalue weighted by molar-refractivity contribution is -0.139. The van der Waals surface area contributed by atoms with Crippen LogP contribution in [-0.4, -0.2) is 62.6 Å². The number of allylic oxidation sites excluding steroid dienone is 2. The van der Waals surface area contributed by atoms with Crippen molar-refractivity contribution in [3.8, 4) is 5.75 Å². The van der Waals surface area contributed by atoms with Crippen LogP contribution >= 0.6 is 0 Å². The average molecular weight is 523 g/mol. The van der Waals surface area contributed by atoms with Gasteiger partial charge in [-0.3, -0.25) is 4.79 Å². The van der Waals surface area contributed by atoms with Gasteiger partial charge in [-0.2, -0.15) is 0 Å². The standard InChI is InChI=1S/C30H38N2O6/c1-29(2,3)26-27(34)32-19-30(37-5,17-22(32)18-33)21-13-11-20-12-14-25(36-4)23(24(20)16-21)10-8-6-7-9-15-38-28(35)31-26/h6,8,11-14,16,18,22,26H,7,9-10,15,17,19H2,1-5H3,(H,31,35)/t22-,26+,30-/m0/s1. The van der Waals surface area contributed by atoms with E-state index in [1.54, 1.807) is 14.2 Å². The van der Waals surface area contributed by atoms with E-state index in [-0.39, 0.29) is 19.1 Å². The molecular formula is C30H38N2O6. The molecule has 1 fully saturated rings. The van der Waals surface area contributed by atoms with Gasteiger partial charge in [-0.1, -0.05) is 51.1 Å². The number of amides is 2. The topological polar surface area (TPSA) is 94.2 Å². The van der Waals surface area contributed by atoms with Crippen molar-refractivity contribution in [3.05, 3.63) is 53.6 Å². The molecule has 1 N–H and O–H groups in total. The Bertz CT molecular complexity index is 1230. The highest BCUT2D eigenvalue weighted by Gasteiger charge is 2.50. The minimum Gasteiger partial charge on any atom is -0.496 e. The molecule has 2 amide bonds. The van der Waals surface area contributed by atoms with Gasteiger partial charge in [0.05, 0.1) is 26.3 Å². The third-order valence-electron chi connectivity index (χ3n) is 7.64. The number of aldehydes is 1. The summed E-state index contributed by atoms with van der Waals surface area (Å²) < 4.78 is 17.2. The molecular weight excluding hydrogens is 484 g/mol. The Morgan fingerprint density at radius 2 is 1.89 bits per heavy atom. The van der Waals surface area contributed by atoms with Crippen LogP contribution in [0.5, 0.6) is 5.75 Å². The van der Waals surface area contributed by atoms with Gasteiger partial charge < -0.3 is 29.2 Å². The molecule has 2 aromatic carbocycles. The fourth-order valence-corrected chi connectivity index (χ4v) is 5.45. The van der Waals surface area contributed by atoms with Crippen LogP contribution in [0.1, 0.15) is 51.2 Å². The third-order valence-corrected chi connectivity index (χ3v) is 7.64. The summed E-state index contributed by atoms with van der Waals surface area (Å²) in [5.74, 6) is 0.458. The van der Waals surface area contributed by atoms with Crippen LogP contribution < -0.4 is 10.1 Å². The Morgan fingerprint density at radius 1 is 1.13 bits per heavy atom. The molecule has 2 heterocycles. The van der Waals surface area contributed by atoms with Crippen LogP contribution in [-0.2, 0) is 31.1 Å². The Kier molecular flexibility index (Phi) is 8.11. The normalized spacial score (nSPS) is 25.0. The highest BCUT2D eigenvalue weighted by Crippen LogP contribution is 2.41. The first-order valence-corrected chi connectivity index (χ1v) is 13.1. The van der Waals surface area contributed by atoms with E-state index in [1.807, 2.05) is 45.0 Å². The minimum absolute atomic E-state index is 0.180. The molecule has 0 saturated carbocycles. The van der Waals surface area contributed by atoms with Crippen molar-refractivity contribution in [2.75, 3.05) is 27.4 Å². The van der Waals surface area contributed by atoms with Crippen LogP contribution in [0.2, 0.25) is 0 Å². The Morgan fingerprint density at radius 3 is 2.58 bits per heavy atom. The lowest BCUT2D eigenvalue weighted by Gasteiger charge is -2.35. The van der Waals surface area contributed by atoms with Gasteiger partial charge in [-0.25, -0.2) is 4.79 Å². The first-order chi connectivity index (χ1) is 18.1. The van der Waals surface area contributed by atoms with E-state index >= 15 is 0 Å². The molecule has 2 aliphatic heterocycles. The van der Waals surface area contributed by atoms with Gasteiger partial charge in [-0.15, -0.1) is 0 Å². The number of hydrogen-bond acceptors (Lipinski definition) is 6. The van der Waals surface area contributed by atoms with Crippen LogP contribution in [0.15, 0.2) is 42.5 Å². The molecule has 38 heavy (non-hydrogen) atoms. The van der Waals surface area contributed by atoms with E-state index in [4.69, 9.17) is 14.2 Å². The second kappa shape index (κ2) is 11.2. The zero-order valence-corrected chi connectivity index (χ0v) is 22.9. The van der Waals surface area contributed by atoms with E-state index in [9.17, 15) is 14.4 Å². The molecule has 2 aliphatic rings. The van der Waals surface area contributed by atoms with Crippen LogP contribution in [0.4, 0.5) is 4.79 Å². The molecule has 0 aromatic heterocycles. The van der Waals surface area contributed by atoms with Crippen molar-refractivity contribution < 1.29 is 28.6 Å². The zero-order valence-electron chi connectivity index (χ0n) is 22.9. The van der Waals surface area contributed by atoms with Crippen molar-refractivity contribution in [3.63, 3.8) is 0 Å². The molecule has 0 unspecified atom stereocenters. The maximum absolute atomic E-state index is 13.9. The first kappa shape index (κ1) is 27.6. The smallest absolute Gasteiger partial charge is 0.407 e. The first-order valence-electron chi connectivity index (χ1n) is 13.1. The van der Waals surface area contributed by atoms with Gasteiger partial charge in [0, 0.05) is 19.1 Å². The second-order valence-corrected chi connectivity index (χ2v) is 11.2. The summed E-state index contributed by atoms with van der Waals surface area (Å²) in [6.45, 7) is 6.04. The summed E-state index contributed by atoms with van der Waals surface area (Å²) in [4.78, 5) is 40.3. The second-order valence-electron chi connectivity index (χ2n) is 11.2. The summed E-state index contributed by atoms with van der Waals surface area (Å²) in [7, 11) is 3.27. The molecule has 204 valence electrons. The van der Waals surface area contributed by atoms with E-state index in [2.05, 4.69) is 23.5 Å². The minimum atomic E-state index is -0.889. The molecule has 0 radical (unpaired) electrons. The van der Waals surface area contributed by atoms with Gasteiger partial charge in [0.25, 0.3) is 0 Å². The lowest BCUT2D eigenvalue weighted by atomic mass is 9.85. The monoisotopic (exact) mass is 522 g/mol. The van der Waals surface area contributed by atoms with E-state index in [1.165, 1.54) is 4.90 Å². The van der Waals surface area contributed by atoms with E-state index in [0.29, 0.717) is 19.3 Å². The molecule has 4 bridgehead atoms. The number of alkyl carbamates (subject to hydrolysis) is 1. The number of fused-ring (bicyclic) bond motifs is 4. The number of hydrogen-bond donors (Lipinski definition) is 1. The fourth-order valence-electron chi connectivity index (χ4n) is 5.45. The molecule has 4 rings (SSSR count). The van der Waals surface area contributed by atoms with Crippen molar-refractivity contribution in [2.45, 2.75) is 64.1 Å². The summed E-state index contributed by atoms with van der Waals surface area (Å²) in [5.41, 5.74) is 0.436. The zero-order chi connectivity index (χ0) is 27.5. The van der Waals surface area contributed by atoms with Gasteiger partial charge in [0.2, 0.25) is 5.91 Å². The Balaban J connectivity index is 1.85. The average Bonchev–Trinajstić information content (AvgIpc) is 3.30. The number of benzene rings is 2. The van der Waals surface area contributed by atoms with Gasteiger partial charge in [0.1, 0.15) is 23.7 Å². The Hall–Kier alpha value is -3.39. The van der Waals surface area contributed by atoms with Crippen molar-refractivity contribution in [2.24, 2.45) is 5.41 Å². The van der Waals surface area contributed by atoms with Crippen LogP contribution in [0.25, 0.3) is 10.8 Å².